The lowest BCUT2D eigenvalue weighted by Crippen LogP contribution is -2.30. The molecule has 0 aliphatic heterocycles. The topological polar surface area (TPSA) is 46.9 Å². The van der Waals surface area contributed by atoms with Gasteiger partial charge in [0.05, 0.1) is 10.0 Å². The van der Waals surface area contributed by atoms with Gasteiger partial charge in [-0.1, -0.05) is 35.3 Å². The maximum absolute atomic E-state index is 10.1. The van der Waals surface area contributed by atoms with Crippen LogP contribution in [0.1, 0.15) is 22.3 Å². The summed E-state index contributed by atoms with van der Waals surface area (Å²) in [6.45, 7) is 6.76. The molecule has 2 aromatic rings. The Labute approximate surface area is 165 Å². The minimum Gasteiger partial charge on any atom is -0.506 e. The predicted octanol–water partition coefficient (Wildman–Crippen LogP) is 4.59. The molecule has 2 aromatic carbocycles. The normalized spacial score (nSPS) is 11.5. The number of aromatic hydroxyl groups is 2. The average molecular weight is 397 g/mol. The molecule has 0 bridgehead atoms. The highest BCUT2D eigenvalue weighted by atomic mass is 35.5. The molecule has 0 radical (unpaired) electrons. The highest BCUT2D eigenvalue weighted by molar-refractivity contribution is 6.32. The number of halogens is 2. The molecule has 4 nitrogen and oxygen atoms in total. The lowest BCUT2D eigenvalue weighted by molar-refractivity contribution is 0.243. The second-order valence-electron chi connectivity index (χ2n) is 6.98. The maximum atomic E-state index is 10.1. The Kier molecular flexibility index (Phi) is 7.18. The summed E-state index contributed by atoms with van der Waals surface area (Å²) in [4.78, 5) is 4.26. The van der Waals surface area contributed by atoms with Gasteiger partial charge in [0.1, 0.15) is 11.5 Å². The van der Waals surface area contributed by atoms with Crippen LogP contribution in [0.25, 0.3) is 0 Å². The fourth-order valence-corrected chi connectivity index (χ4v) is 3.52. The Hall–Kier alpha value is -1.46. The smallest absolute Gasteiger partial charge is 0.138 e. The molecule has 142 valence electrons. The van der Waals surface area contributed by atoms with Crippen LogP contribution in [0, 0.1) is 13.8 Å². The van der Waals surface area contributed by atoms with E-state index in [1.165, 1.54) is 0 Å². The lowest BCUT2D eigenvalue weighted by Gasteiger charge is -2.23. The first kappa shape index (κ1) is 20.8. The fourth-order valence-electron chi connectivity index (χ4n) is 2.94. The summed E-state index contributed by atoms with van der Waals surface area (Å²) in [5.41, 5.74) is 3.70. The van der Waals surface area contributed by atoms with Crippen LogP contribution in [0.5, 0.6) is 11.5 Å². The molecule has 0 saturated heterocycles. The third-order valence-electron chi connectivity index (χ3n) is 4.32. The Balaban J connectivity index is 1.92. The third kappa shape index (κ3) is 5.52. The first-order valence-corrected chi connectivity index (χ1v) is 9.26. The molecule has 2 rings (SSSR count). The van der Waals surface area contributed by atoms with Gasteiger partial charge in [-0.3, -0.25) is 0 Å². The summed E-state index contributed by atoms with van der Waals surface area (Å²) in [5.74, 6) is 0.300. The standard InChI is InChI=1S/C20H26Cl2N2O2/c1-13-7-15(19(25)17(21)9-13)11-23(3)5-6-24(4)12-16-8-14(2)10-18(22)20(16)26/h7-10,25-26H,5-6,11-12H2,1-4H3. The van der Waals surface area contributed by atoms with E-state index in [0.29, 0.717) is 23.1 Å². The van der Waals surface area contributed by atoms with Crippen molar-refractivity contribution in [1.29, 1.82) is 0 Å². The second kappa shape index (κ2) is 8.96. The van der Waals surface area contributed by atoms with Crippen LogP contribution < -0.4 is 0 Å². The van der Waals surface area contributed by atoms with E-state index in [9.17, 15) is 10.2 Å². The van der Waals surface area contributed by atoms with Gasteiger partial charge >= 0.3 is 0 Å². The largest absolute Gasteiger partial charge is 0.506 e. The number of hydrogen-bond acceptors (Lipinski definition) is 4. The summed E-state index contributed by atoms with van der Waals surface area (Å²) in [7, 11) is 4.01. The molecule has 2 N–H and O–H groups in total. The minimum absolute atomic E-state index is 0.150. The van der Waals surface area contributed by atoms with Crippen LogP contribution in [0.2, 0.25) is 10.0 Å². The van der Waals surface area contributed by atoms with E-state index >= 15 is 0 Å². The minimum atomic E-state index is 0.150. The van der Waals surface area contributed by atoms with Crippen molar-refractivity contribution in [1.82, 2.24) is 9.80 Å². The van der Waals surface area contributed by atoms with Crippen LogP contribution in [-0.2, 0) is 13.1 Å². The van der Waals surface area contributed by atoms with Crippen molar-refractivity contribution in [2.75, 3.05) is 27.2 Å². The van der Waals surface area contributed by atoms with Crippen molar-refractivity contribution in [2.45, 2.75) is 26.9 Å². The van der Waals surface area contributed by atoms with Gasteiger partial charge in [0.25, 0.3) is 0 Å². The van der Waals surface area contributed by atoms with E-state index in [4.69, 9.17) is 23.2 Å². The van der Waals surface area contributed by atoms with E-state index in [1.807, 2.05) is 40.1 Å². The summed E-state index contributed by atoms with van der Waals surface area (Å²) in [5, 5.41) is 21.0. The fraction of sp³-hybridized carbons (Fsp3) is 0.400. The van der Waals surface area contributed by atoms with E-state index in [-0.39, 0.29) is 11.5 Å². The van der Waals surface area contributed by atoms with Crippen molar-refractivity contribution >= 4 is 23.2 Å². The van der Waals surface area contributed by atoms with Crippen LogP contribution in [0.15, 0.2) is 24.3 Å². The van der Waals surface area contributed by atoms with Gasteiger partial charge in [0.15, 0.2) is 0 Å². The first-order chi connectivity index (χ1) is 12.2. The molecule has 0 amide bonds. The summed E-state index contributed by atoms with van der Waals surface area (Å²) in [6.07, 6.45) is 0. The Morgan fingerprint density at radius 2 is 1.08 bits per heavy atom. The highest BCUT2D eigenvalue weighted by Crippen LogP contribution is 2.30. The number of rotatable bonds is 7. The molecular formula is C20H26Cl2N2O2. The van der Waals surface area contributed by atoms with Crippen molar-refractivity contribution in [2.24, 2.45) is 0 Å². The lowest BCUT2D eigenvalue weighted by atomic mass is 10.1. The zero-order valence-electron chi connectivity index (χ0n) is 15.7. The number of nitrogens with zero attached hydrogens (tertiary/aromatic N) is 2. The number of aryl methyl sites for hydroxylation is 2. The number of phenolic OH excluding ortho intramolecular Hbond substituents is 2. The van der Waals surface area contributed by atoms with Crippen LogP contribution in [-0.4, -0.2) is 47.2 Å². The van der Waals surface area contributed by atoms with Crippen molar-refractivity contribution in [3.05, 3.63) is 56.6 Å². The molecule has 0 saturated carbocycles. The maximum Gasteiger partial charge on any atom is 0.138 e. The molecule has 0 spiro atoms. The van der Waals surface area contributed by atoms with E-state index in [2.05, 4.69) is 9.80 Å². The molecular weight excluding hydrogens is 371 g/mol. The van der Waals surface area contributed by atoms with Crippen LogP contribution in [0.4, 0.5) is 0 Å². The summed E-state index contributed by atoms with van der Waals surface area (Å²) in [6, 6.07) is 7.42. The van der Waals surface area contributed by atoms with Gasteiger partial charge in [-0.15, -0.1) is 0 Å². The van der Waals surface area contributed by atoms with Gasteiger partial charge in [-0.25, -0.2) is 0 Å². The highest BCUT2D eigenvalue weighted by Gasteiger charge is 2.12. The predicted molar refractivity (Wildman–Crippen MR) is 108 cm³/mol. The van der Waals surface area contributed by atoms with Gasteiger partial charge in [0, 0.05) is 37.3 Å². The Morgan fingerprint density at radius 1 is 0.731 bits per heavy atom. The van der Waals surface area contributed by atoms with Gasteiger partial charge < -0.3 is 20.0 Å². The number of phenols is 2. The molecule has 0 atom stereocenters. The monoisotopic (exact) mass is 396 g/mol. The molecule has 26 heavy (non-hydrogen) atoms. The van der Waals surface area contributed by atoms with Crippen molar-refractivity contribution in [3.63, 3.8) is 0 Å². The summed E-state index contributed by atoms with van der Waals surface area (Å²) < 4.78 is 0. The SMILES string of the molecule is Cc1cc(Cl)c(O)c(CN(C)CCN(C)Cc2cc(C)cc(Cl)c2O)c1. The van der Waals surface area contributed by atoms with E-state index < -0.39 is 0 Å². The Bertz CT molecular complexity index is 715. The molecule has 0 fully saturated rings. The summed E-state index contributed by atoms with van der Waals surface area (Å²) >= 11 is 12.1. The van der Waals surface area contributed by atoms with Crippen molar-refractivity contribution in [3.8, 4) is 11.5 Å². The second-order valence-corrected chi connectivity index (χ2v) is 7.80. The molecule has 0 aromatic heterocycles. The average Bonchev–Trinajstić information content (AvgIpc) is 2.55. The van der Waals surface area contributed by atoms with Gasteiger partial charge in [0.2, 0.25) is 0 Å². The molecule has 0 heterocycles. The Morgan fingerprint density at radius 3 is 1.42 bits per heavy atom. The quantitative estimate of drug-likeness (QED) is 0.718. The number of likely N-dealkylation sites (N-methyl/N-ethyl adjacent to an activating group) is 2. The zero-order chi connectivity index (χ0) is 19.4. The molecule has 0 aliphatic rings. The first-order valence-electron chi connectivity index (χ1n) is 8.50. The molecule has 0 unspecified atom stereocenters. The van der Waals surface area contributed by atoms with Crippen LogP contribution in [0.3, 0.4) is 0 Å². The van der Waals surface area contributed by atoms with Crippen molar-refractivity contribution < 1.29 is 10.2 Å². The molecule has 0 aliphatic carbocycles. The molecule has 6 heteroatoms. The number of benzene rings is 2. The third-order valence-corrected chi connectivity index (χ3v) is 4.89. The van der Waals surface area contributed by atoms with Gasteiger partial charge in [-0.05, 0) is 51.2 Å². The van der Waals surface area contributed by atoms with Crippen LogP contribution >= 0.6 is 23.2 Å². The van der Waals surface area contributed by atoms with Gasteiger partial charge in [-0.2, -0.15) is 0 Å². The zero-order valence-corrected chi connectivity index (χ0v) is 17.2. The van der Waals surface area contributed by atoms with E-state index in [0.717, 1.165) is 35.3 Å². The van der Waals surface area contributed by atoms with E-state index in [1.54, 1.807) is 12.1 Å². The number of hydrogen-bond donors (Lipinski definition) is 2.